The molecule has 40 heavy (non-hydrogen) atoms. The summed E-state index contributed by atoms with van der Waals surface area (Å²) < 4.78 is 17.9. The maximum atomic E-state index is 6.27. The summed E-state index contributed by atoms with van der Waals surface area (Å²) in [4.78, 5) is 0. The molecule has 0 saturated carbocycles. The average Bonchev–Trinajstić information content (AvgIpc) is 3.26. The zero-order valence-corrected chi connectivity index (χ0v) is 23.9. The maximum Gasteiger partial charge on any atom is 0.119 e. The second kappa shape index (κ2) is 10.4. The van der Waals surface area contributed by atoms with Crippen molar-refractivity contribution in [3.63, 3.8) is 0 Å². The highest BCUT2D eigenvalue weighted by atomic mass is 16.5. The van der Waals surface area contributed by atoms with E-state index in [1.165, 1.54) is 44.2 Å². The van der Waals surface area contributed by atoms with Crippen molar-refractivity contribution in [2.24, 2.45) is 5.92 Å². The lowest BCUT2D eigenvalue weighted by Gasteiger charge is -2.34. The molecule has 2 unspecified atom stereocenters. The van der Waals surface area contributed by atoms with Crippen LogP contribution in [0.15, 0.2) is 103 Å². The number of methoxy groups -OCH3 is 1. The predicted octanol–water partition coefficient (Wildman–Crippen LogP) is 9.03. The van der Waals surface area contributed by atoms with E-state index in [0.717, 1.165) is 17.2 Å². The van der Waals surface area contributed by atoms with Crippen molar-refractivity contribution in [3.05, 3.63) is 125 Å². The minimum absolute atomic E-state index is 0.134. The SMILES string of the molecule is CCOc1ccc(C2(c3ccc(OC(C)C(C)C)cc3)c3cc(OC)ccc3-c3cc4ccccc4cc32)cc1. The van der Waals surface area contributed by atoms with E-state index in [-0.39, 0.29) is 6.10 Å². The molecule has 5 aromatic carbocycles. The molecule has 0 N–H and O–H groups in total. The lowest BCUT2D eigenvalue weighted by molar-refractivity contribution is 0.170. The van der Waals surface area contributed by atoms with Crippen LogP contribution in [0.3, 0.4) is 0 Å². The molecule has 0 fully saturated rings. The Morgan fingerprint density at radius 1 is 0.625 bits per heavy atom. The van der Waals surface area contributed by atoms with Gasteiger partial charge in [0.15, 0.2) is 0 Å². The highest BCUT2D eigenvalue weighted by Gasteiger charge is 2.46. The quantitative estimate of drug-likeness (QED) is 0.197. The lowest BCUT2D eigenvalue weighted by Crippen LogP contribution is -2.28. The molecule has 2 atom stereocenters. The number of ether oxygens (including phenoxy) is 3. The van der Waals surface area contributed by atoms with Crippen LogP contribution < -0.4 is 14.2 Å². The van der Waals surface area contributed by atoms with Crippen LogP contribution in [-0.4, -0.2) is 19.8 Å². The van der Waals surface area contributed by atoms with Gasteiger partial charge in [-0.05, 0) is 112 Å². The first-order valence-electron chi connectivity index (χ1n) is 14.2. The molecule has 3 heteroatoms. The van der Waals surface area contributed by atoms with E-state index in [0.29, 0.717) is 12.5 Å². The molecule has 6 rings (SSSR count). The van der Waals surface area contributed by atoms with Crippen LogP contribution in [0, 0.1) is 5.92 Å². The van der Waals surface area contributed by atoms with E-state index < -0.39 is 5.41 Å². The van der Waals surface area contributed by atoms with E-state index in [1.807, 2.05) is 6.92 Å². The van der Waals surface area contributed by atoms with Gasteiger partial charge in [0.05, 0.1) is 25.2 Å². The van der Waals surface area contributed by atoms with E-state index in [1.54, 1.807) is 7.11 Å². The fraction of sp³-hybridized carbons (Fsp3) is 0.243. The fourth-order valence-corrected chi connectivity index (χ4v) is 6.00. The molecule has 0 saturated heterocycles. The highest BCUT2D eigenvalue weighted by Crippen LogP contribution is 2.57. The number of benzene rings is 5. The van der Waals surface area contributed by atoms with Crippen molar-refractivity contribution in [1.29, 1.82) is 0 Å². The summed E-state index contributed by atoms with van der Waals surface area (Å²) in [5.41, 5.74) is 6.78. The van der Waals surface area contributed by atoms with Gasteiger partial charge in [0.2, 0.25) is 0 Å². The Morgan fingerprint density at radius 3 is 1.80 bits per heavy atom. The maximum absolute atomic E-state index is 6.27. The Morgan fingerprint density at radius 2 is 1.20 bits per heavy atom. The fourth-order valence-electron chi connectivity index (χ4n) is 6.00. The second-order valence-electron chi connectivity index (χ2n) is 11.0. The summed E-state index contributed by atoms with van der Waals surface area (Å²) in [6.45, 7) is 9.14. The molecule has 0 amide bonds. The van der Waals surface area contributed by atoms with Crippen LogP contribution in [0.2, 0.25) is 0 Å². The zero-order chi connectivity index (χ0) is 27.9. The van der Waals surface area contributed by atoms with Crippen molar-refractivity contribution in [2.75, 3.05) is 13.7 Å². The molecule has 1 aliphatic rings. The first-order valence-corrected chi connectivity index (χ1v) is 14.2. The Balaban J connectivity index is 1.65. The average molecular weight is 529 g/mol. The first kappa shape index (κ1) is 26.0. The van der Waals surface area contributed by atoms with E-state index in [4.69, 9.17) is 14.2 Å². The van der Waals surface area contributed by atoms with Gasteiger partial charge in [-0.15, -0.1) is 0 Å². The zero-order valence-electron chi connectivity index (χ0n) is 23.9. The third kappa shape index (κ3) is 4.21. The Kier molecular flexibility index (Phi) is 6.75. The first-order chi connectivity index (χ1) is 19.4. The largest absolute Gasteiger partial charge is 0.497 e. The molecule has 5 aromatic rings. The van der Waals surface area contributed by atoms with Gasteiger partial charge in [0.25, 0.3) is 0 Å². The molecule has 0 radical (unpaired) electrons. The predicted molar refractivity (Wildman–Crippen MR) is 164 cm³/mol. The highest BCUT2D eigenvalue weighted by molar-refractivity contribution is 5.96. The van der Waals surface area contributed by atoms with Crippen LogP contribution in [0.1, 0.15) is 49.9 Å². The van der Waals surface area contributed by atoms with Gasteiger partial charge in [-0.2, -0.15) is 0 Å². The van der Waals surface area contributed by atoms with Crippen molar-refractivity contribution in [3.8, 4) is 28.4 Å². The van der Waals surface area contributed by atoms with Crippen LogP contribution >= 0.6 is 0 Å². The van der Waals surface area contributed by atoms with E-state index >= 15 is 0 Å². The van der Waals surface area contributed by atoms with E-state index in [9.17, 15) is 0 Å². The normalized spacial score (nSPS) is 16.4. The third-order valence-corrected chi connectivity index (χ3v) is 8.36. The molecule has 0 bridgehead atoms. The van der Waals surface area contributed by atoms with Gasteiger partial charge < -0.3 is 14.2 Å². The molecular formula is C37H36O3. The Hall–Kier alpha value is -4.24. The van der Waals surface area contributed by atoms with Crippen molar-refractivity contribution in [1.82, 2.24) is 0 Å². The molecule has 0 spiro atoms. The summed E-state index contributed by atoms with van der Waals surface area (Å²) in [5.74, 6) is 3.03. The van der Waals surface area contributed by atoms with Crippen LogP contribution in [0.5, 0.6) is 17.2 Å². The second-order valence-corrected chi connectivity index (χ2v) is 11.0. The third-order valence-electron chi connectivity index (χ3n) is 8.36. The van der Waals surface area contributed by atoms with Crippen molar-refractivity contribution in [2.45, 2.75) is 39.2 Å². The van der Waals surface area contributed by atoms with Crippen molar-refractivity contribution < 1.29 is 14.2 Å². The lowest BCUT2D eigenvalue weighted by atomic mass is 9.67. The van der Waals surface area contributed by atoms with Gasteiger partial charge in [-0.3, -0.25) is 0 Å². The van der Waals surface area contributed by atoms with Crippen LogP contribution in [0.4, 0.5) is 0 Å². The van der Waals surface area contributed by atoms with Crippen LogP contribution in [-0.2, 0) is 5.41 Å². The molecule has 0 heterocycles. The number of hydrogen-bond donors (Lipinski definition) is 0. The van der Waals surface area contributed by atoms with Gasteiger partial charge >= 0.3 is 0 Å². The molecule has 3 nitrogen and oxygen atoms in total. The van der Waals surface area contributed by atoms with Crippen molar-refractivity contribution >= 4 is 10.8 Å². The minimum Gasteiger partial charge on any atom is -0.497 e. The summed E-state index contributed by atoms with van der Waals surface area (Å²) in [6, 6.07) is 37.1. The topological polar surface area (TPSA) is 27.7 Å². The van der Waals surface area contributed by atoms with Gasteiger partial charge in [-0.25, -0.2) is 0 Å². The number of rotatable bonds is 8. The molecule has 0 aliphatic heterocycles. The molecule has 0 aromatic heterocycles. The van der Waals surface area contributed by atoms with Gasteiger partial charge in [0, 0.05) is 0 Å². The smallest absolute Gasteiger partial charge is 0.119 e. The minimum atomic E-state index is -0.545. The molecular weight excluding hydrogens is 492 g/mol. The van der Waals surface area contributed by atoms with E-state index in [2.05, 4.69) is 124 Å². The van der Waals surface area contributed by atoms with Gasteiger partial charge in [-0.1, -0.05) is 68.4 Å². The summed E-state index contributed by atoms with van der Waals surface area (Å²) in [7, 11) is 1.73. The number of fused-ring (bicyclic) bond motifs is 4. The monoisotopic (exact) mass is 528 g/mol. The summed E-state index contributed by atoms with van der Waals surface area (Å²) in [6.07, 6.45) is 0.134. The Bertz CT molecular complexity index is 1650. The summed E-state index contributed by atoms with van der Waals surface area (Å²) >= 11 is 0. The van der Waals surface area contributed by atoms with Gasteiger partial charge in [0.1, 0.15) is 17.2 Å². The standard InChI is InChI=1S/C37H36O3/c1-6-39-30-15-11-28(12-16-30)37(29-13-17-31(18-14-29)40-25(4)24(2)3)35-22-27-10-8-7-9-26(27)21-34(35)33-20-19-32(38-5)23-36(33)37/h7-25H,6H2,1-5H3. The number of hydrogen-bond acceptors (Lipinski definition) is 3. The molecule has 202 valence electrons. The molecule has 1 aliphatic carbocycles. The summed E-state index contributed by atoms with van der Waals surface area (Å²) in [5, 5.41) is 2.46. The van der Waals surface area contributed by atoms with Crippen LogP contribution in [0.25, 0.3) is 21.9 Å². The Labute approximate surface area is 237 Å².